The van der Waals surface area contributed by atoms with E-state index in [-0.39, 0.29) is 18.6 Å². The third-order valence-corrected chi connectivity index (χ3v) is 4.68. The maximum Gasteiger partial charge on any atom is 0.255 e. The van der Waals surface area contributed by atoms with Gasteiger partial charge >= 0.3 is 0 Å². The molecule has 5 rings (SSSR count). The van der Waals surface area contributed by atoms with Gasteiger partial charge in [0.25, 0.3) is 5.91 Å². The fraction of sp³-hybridized carbons (Fsp3) is 0.222. The standard InChI is InChI=1S/C18H14N2O4/c21-16-7-11-6-12(5-10-3-4-20(16)17(10)11)18(22)19-13-1-2-14-15(8-13)24-9-23-14/h1-2,5-6,8H,3-4,7,9H2,(H,19,22). The van der Waals surface area contributed by atoms with E-state index in [0.717, 1.165) is 23.2 Å². The van der Waals surface area contributed by atoms with Crippen LogP contribution in [-0.2, 0) is 17.6 Å². The van der Waals surface area contributed by atoms with Crippen LogP contribution in [0.4, 0.5) is 11.4 Å². The van der Waals surface area contributed by atoms with Gasteiger partial charge in [0.1, 0.15) is 0 Å². The van der Waals surface area contributed by atoms with E-state index in [1.165, 1.54) is 0 Å². The third kappa shape index (κ3) is 1.89. The van der Waals surface area contributed by atoms with Gasteiger partial charge in [-0.1, -0.05) is 0 Å². The van der Waals surface area contributed by atoms with Gasteiger partial charge in [0.15, 0.2) is 11.5 Å². The van der Waals surface area contributed by atoms with E-state index >= 15 is 0 Å². The molecule has 0 saturated carbocycles. The van der Waals surface area contributed by atoms with Gasteiger partial charge < -0.3 is 19.7 Å². The number of carbonyl (C=O) groups excluding carboxylic acids is 2. The number of anilines is 2. The monoisotopic (exact) mass is 322 g/mol. The van der Waals surface area contributed by atoms with Crippen LogP contribution in [-0.4, -0.2) is 25.2 Å². The summed E-state index contributed by atoms with van der Waals surface area (Å²) in [5, 5.41) is 2.88. The van der Waals surface area contributed by atoms with E-state index in [1.807, 2.05) is 17.0 Å². The Bertz CT molecular complexity index is 906. The number of benzene rings is 2. The quantitative estimate of drug-likeness (QED) is 0.919. The van der Waals surface area contributed by atoms with Gasteiger partial charge in [0.05, 0.1) is 12.1 Å². The van der Waals surface area contributed by atoms with E-state index in [0.29, 0.717) is 35.7 Å². The molecule has 24 heavy (non-hydrogen) atoms. The van der Waals surface area contributed by atoms with Gasteiger partial charge in [0, 0.05) is 23.9 Å². The molecule has 6 nitrogen and oxygen atoms in total. The van der Waals surface area contributed by atoms with Crippen molar-refractivity contribution >= 4 is 23.2 Å². The zero-order valence-corrected chi connectivity index (χ0v) is 12.8. The fourth-order valence-electron chi connectivity index (χ4n) is 3.59. The van der Waals surface area contributed by atoms with Crippen LogP contribution in [0.1, 0.15) is 21.5 Å². The molecule has 0 aromatic heterocycles. The first-order valence-corrected chi connectivity index (χ1v) is 7.86. The summed E-state index contributed by atoms with van der Waals surface area (Å²) < 4.78 is 10.6. The Balaban J connectivity index is 1.44. The van der Waals surface area contributed by atoms with E-state index in [9.17, 15) is 9.59 Å². The van der Waals surface area contributed by atoms with Crippen molar-refractivity contribution in [3.05, 3.63) is 47.0 Å². The Hall–Kier alpha value is -3.02. The lowest BCUT2D eigenvalue weighted by atomic mass is 10.0. The average molecular weight is 322 g/mol. The molecule has 3 aliphatic heterocycles. The summed E-state index contributed by atoms with van der Waals surface area (Å²) in [4.78, 5) is 26.4. The molecule has 2 amide bonds. The molecule has 0 atom stereocenters. The maximum absolute atomic E-state index is 12.6. The molecular formula is C18H14N2O4. The van der Waals surface area contributed by atoms with Crippen molar-refractivity contribution in [2.75, 3.05) is 23.6 Å². The van der Waals surface area contributed by atoms with Crippen molar-refractivity contribution in [3.63, 3.8) is 0 Å². The molecule has 120 valence electrons. The summed E-state index contributed by atoms with van der Waals surface area (Å²) in [5.41, 5.74) is 4.27. The summed E-state index contributed by atoms with van der Waals surface area (Å²) >= 11 is 0. The molecule has 6 heteroatoms. The molecule has 0 aliphatic carbocycles. The van der Waals surface area contributed by atoms with Crippen LogP contribution in [0.2, 0.25) is 0 Å². The first kappa shape index (κ1) is 13.4. The number of hydrogen-bond acceptors (Lipinski definition) is 4. The highest BCUT2D eigenvalue weighted by atomic mass is 16.7. The molecule has 0 spiro atoms. The first-order valence-electron chi connectivity index (χ1n) is 7.86. The lowest BCUT2D eigenvalue weighted by Crippen LogP contribution is -2.24. The number of rotatable bonds is 2. The summed E-state index contributed by atoms with van der Waals surface area (Å²) in [6.07, 6.45) is 1.19. The minimum atomic E-state index is -0.189. The molecular weight excluding hydrogens is 308 g/mol. The highest BCUT2D eigenvalue weighted by Gasteiger charge is 2.34. The molecule has 0 unspecified atom stereocenters. The zero-order chi connectivity index (χ0) is 16.3. The van der Waals surface area contributed by atoms with Gasteiger partial charge in [-0.2, -0.15) is 0 Å². The summed E-state index contributed by atoms with van der Waals surface area (Å²) in [5.74, 6) is 1.24. The molecule has 1 N–H and O–H groups in total. The highest BCUT2D eigenvalue weighted by molar-refractivity contribution is 6.08. The third-order valence-electron chi connectivity index (χ3n) is 4.68. The zero-order valence-electron chi connectivity index (χ0n) is 12.8. The van der Waals surface area contributed by atoms with Gasteiger partial charge in [-0.05, 0) is 41.8 Å². The Kier molecular flexibility index (Phi) is 2.65. The molecule has 3 aliphatic rings. The summed E-state index contributed by atoms with van der Waals surface area (Å²) in [7, 11) is 0. The number of amides is 2. The minimum absolute atomic E-state index is 0.122. The summed E-state index contributed by atoms with van der Waals surface area (Å²) in [6.45, 7) is 0.917. The summed E-state index contributed by atoms with van der Waals surface area (Å²) in [6, 6.07) is 9.02. The van der Waals surface area contributed by atoms with Crippen molar-refractivity contribution in [2.45, 2.75) is 12.8 Å². The predicted octanol–water partition coefficient (Wildman–Crippen LogP) is 2.11. The number of nitrogens with zero attached hydrogens (tertiary/aromatic N) is 1. The number of hydrogen-bond donors (Lipinski definition) is 1. The van der Waals surface area contributed by atoms with E-state index < -0.39 is 0 Å². The Labute approximate surface area is 138 Å². The molecule has 3 heterocycles. The largest absolute Gasteiger partial charge is 0.454 e. The van der Waals surface area contributed by atoms with Crippen LogP contribution in [0, 0.1) is 0 Å². The minimum Gasteiger partial charge on any atom is -0.454 e. The highest BCUT2D eigenvalue weighted by Crippen LogP contribution is 2.39. The van der Waals surface area contributed by atoms with Crippen LogP contribution in [0.15, 0.2) is 30.3 Å². The smallest absolute Gasteiger partial charge is 0.255 e. The van der Waals surface area contributed by atoms with Gasteiger partial charge in [-0.15, -0.1) is 0 Å². The van der Waals surface area contributed by atoms with Crippen molar-refractivity contribution in [1.29, 1.82) is 0 Å². The van der Waals surface area contributed by atoms with E-state index in [4.69, 9.17) is 9.47 Å². The van der Waals surface area contributed by atoms with Crippen LogP contribution in [0.3, 0.4) is 0 Å². The molecule has 0 bridgehead atoms. The number of carbonyl (C=O) groups is 2. The average Bonchev–Trinajstić information content (AvgIpc) is 3.27. The Morgan fingerprint density at radius 3 is 2.83 bits per heavy atom. The van der Waals surface area contributed by atoms with Crippen molar-refractivity contribution in [1.82, 2.24) is 0 Å². The van der Waals surface area contributed by atoms with Crippen molar-refractivity contribution in [2.24, 2.45) is 0 Å². The lowest BCUT2D eigenvalue weighted by molar-refractivity contribution is -0.117. The maximum atomic E-state index is 12.6. The van der Waals surface area contributed by atoms with Crippen molar-refractivity contribution in [3.8, 4) is 11.5 Å². The predicted molar refractivity (Wildman–Crippen MR) is 86.7 cm³/mol. The molecule has 2 aromatic rings. The number of nitrogens with one attached hydrogen (secondary N) is 1. The lowest BCUT2D eigenvalue weighted by Gasteiger charge is -2.10. The second-order valence-corrected chi connectivity index (χ2v) is 6.14. The Morgan fingerprint density at radius 2 is 1.92 bits per heavy atom. The van der Waals surface area contributed by atoms with Crippen LogP contribution < -0.4 is 19.7 Å². The molecule has 2 aromatic carbocycles. The number of fused-ring (bicyclic) bond motifs is 1. The van der Waals surface area contributed by atoms with Gasteiger partial charge in [-0.3, -0.25) is 9.59 Å². The molecule has 0 radical (unpaired) electrons. The fourth-order valence-corrected chi connectivity index (χ4v) is 3.59. The second kappa shape index (κ2) is 4.74. The van der Waals surface area contributed by atoms with Crippen LogP contribution in [0.25, 0.3) is 0 Å². The Morgan fingerprint density at radius 1 is 1.08 bits per heavy atom. The van der Waals surface area contributed by atoms with Crippen molar-refractivity contribution < 1.29 is 19.1 Å². The van der Waals surface area contributed by atoms with Crippen LogP contribution in [0.5, 0.6) is 11.5 Å². The second-order valence-electron chi connectivity index (χ2n) is 6.14. The van der Waals surface area contributed by atoms with Gasteiger partial charge in [0.2, 0.25) is 12.7 Å². The van der Waals surface area contributed by atoms with Crippen LogP contribution >= 0.6 is 0 Å². The normalized spacial score (nSPS) is 16.5. The van der Waals surface area contributed by atoms with E-state index in [1.54, 1.807) is 18.2 Å². The van der Waals surface area contributed by atoms with Gasteiger partial charge in [-0.25, -0.2) is 0 Å². The first-order chi connectivity index (χ1) is 11.7. The molecule has 0 fully saturated rings. The topological polar surface area (TPSA) is 67.9 Å². The van der Waals surface area contributed by atoms with E-state index in [2.05, 4.69) is 5.32 Å². The SMILES string of the molecule is O=C(Nc1ccc2c(c1)OCO2)c1cc2c3c(c1)CC(=O)N3CC2. The molecule has 0 saturated heterocycles. The number of ether oxygens (including phenoxy) is 2.